The number of amides is 1. The molecule has 0 fully saturated rings. The first-order chi connectivity index (χ1) is 14.1. The van der Waals surface area contributed by atoms with Gasteiger partial charge in [0, 0.05) is 6.20 Å². The first-order valence-electron chi connectivity index (χ1n) is 8.17. The Labute approximate surface area is 172 Å². The standard InChI is InChI=1S/C17H14F6N2O5S/c1-9(14(26)25-31(2,27)28)29-11-3-5-12(6-4-11)30-15-13(17(21,22)23)7-10(8-24-15)16(18,19)20/h3-9H,1-2H3,(H,25,26). The molecule has 0 radical (unpaired) electrons. The van der Waals surface area contributed by atoms with Crippen LogP contribution in [0.25, 0.3) is 0 Å². The smallest absolute Gasteiger partial charge is 0.421 e. The van der Waals surface area contributed by atoms with Gasteiger partial charge in [-0.3, -0.25) is 9.52 Å². The van der Waals surface area contributed by atoms with Crippen LogP contribution in [0.15, 0.2) is 36.5 Å². The quantitative estimate of drug-likeness (QED) is 0.644. The number of halogens is 6. The number of ether oxygens (including phenoxy) is 2. The molecule has 1 aromatic heterocycles. The summed E-state index contributed by atoms with van der Waals surface area (Å²) in [4.78, 5) is 14.8. The lowest BCUT2D eigenvalue weighted by Gasteiger charge is -2.16. The lowest BCUT2D eigenvalue weighted by molar-refractivity contribution is -0.144. The van der Waals surface area contributed by atoms with Crippen LogP contribution in [0.3, 0.4) is 0 Å². The number of sulfonamides is 1. The molecule has 2 rings (SSSR count). The van der Waals surface area contributed by atoms with Crippen molar-refractivity contribution >= 4 is 15.9 Å². The molecule has 0 aliphatic rings. The van der Waals surface area contributed by atoms with E-state index in [9.17, 15) is 39.6 Å². The van der Waals surface area contributed by atoms with Gasteiger partial charge in [-0.25, -0.2) is 13.4 Å². The van der Waals surface area contributed by atoms with E-state index in [1.54, 1.807) is 4.72 Å². The van der Waals surface area contributed by atoms with Crippen LogP contribution in [0, 0.1) is 0 Å². The van der Waals surface area contributed by atoms with E-state index in [0.717, 1.165) is 18.4 Å². The van der Waals surface area contributed by atoms with E-state index < -0.39 is 51.4 Å². The van der Waals surface area contributed by atoms with Crippen molar-refractivity contribution in [2.24, 2.45) is 0 Å². The summed E-state index contributed by atoms with van der Waals surface area (Å²) in [7, 11) is -3.80. The van der Waals surface area contributed by atoms with E-state index in [-0.39, 0.29) is 23.8 Å². The zero-order valence-corrected chi connectivity index (χ0v) is 16.5. The lowest BCUT2D eigenvalue weighted by atomic mass is 10.2. The summed E-state index contributed by atoms with van der Waals surface area (Å²) >= 11 is 0. The van der Waals surface area contributed by atoms with Crippen molar-refractivity contribution in [2.45, 2.75) is 25.4 Å². The number of nitrogens with one attached hydrogen (secondary N) is 1. The van der Waals surface area contributed by atoms with Crippen LogP contribution >= 0.6 is 0 Å². The first-order valence-corrected chi connectivity index (χ1v) is 10.1. The summed E-state index contributed by atoms with van der Waals surface area (Å²) in [6.45, 7) is 1.26. The molecule has 1 heterocycles. The maximum atomic E-state index is 13.1. The minimum Gasteiger partial charge on any atom is -0.481 e. The van der Waals surface area contributed by atoms with Crippen molar-refractivity contribution in [3.8, 4) is 17.4 Å². The van der Waals surface area contributed by atoms with Crippen LogP contribution < -0.4 is 14.2 Å². The largest absolute Gasteiger partial charge is 0.481 e. The fourth-order valence-electron chi connectivity index (χ4n) is 2.11. The van der Waals surface area contributed by atoms with E-state index in [2.05, 4.69) is 4.98 Å². The number of carbonyl (C=O) groups is 1. The number of aromatic nitrogens is 1. The second-order valence-electron chi connectivity index (χ2n) is 6.14. The predicted octanol–water partition coefficient (Wildman–Crippen LogP) is 3.75. The molecule has 0 spiro atoms. The number of nitrogens with zero attached hydrogens (tertiary/aromatic N) is 1. The van der Waals surface area contributed by atoms with Gasteiger partial charge in [-0.05, 0) is 37.3 Å². The average Bonchev–Trinajstić information content (AvgIpc) is 2.60. The Morgan fingerprint density at radius 1 is 1.03 bits per heavy atom. The van der Waals surface area contributed by atoms with Gasteiger partial charge in [0.05, 0.1) is 11.8 Å². The van der Waals surface area contributed by atoms with Crippen LogP contribution in [-0.4, -0.2) is 31.7 Å². The Morgan fingerprint density at radius 2 is 1.58 bits per heavy atom. The molecule has 0 aliphatic heterocycles. The van der Waals surface area contributed by atoms with Gasteiger partial charge in [-0.1, -0.05) is 0 Å². The number of alkyl halides is 6. The SMILES string of the molecule is CC(Oc1ccc(Oc2ncc(C(F)(F)F)cc2C(F)(F)F)cc1)C(=O)NS(C)(=O)=O. The topological polar surface area (TPSA) is 94.6 Å². The molecule has 1 amide bonds. The Hall–Kier alpha value is -3.03. The Balaban J connectivity index is 2.19. The minimum absolute atomic E-state index is 0.0416. The number of carbonyl (C=O) groups excluding carboxylic acids is 1. The molecular weight excluding hydrogens is 458 g/mol. The Morgan fingerprint density at radius 3 is 2.06 bits per heavy atom. The first kappa shape index (κ1) is 24.2. The molecule has 14 heteroatoms. The fraction of sp³-hybridized carbons (Fsp3) is 0.294. The van der Waals surface area contributed by atoms with Crippen molar-refractivity contribution in [3.05, 3.63) is 47.7 Å². The summed E-state index contributed by atoms with van der Waals surface area (Å²) in [5.74, 6) is -2.21. The molecule has 1 N–H and O–H groups in total. The zero-order valence-electron chi connectivity index (χ0n) is 15.7. The Kier molecular flexibility index (Phi) is 6.73. The van der Waals surface area contributed by atoms with Gasteiger partial charge in [0.2, 0.25) is 15.9 Å². The van der Waals surface area contributed by atoms with Crippen LogP contribution in [0.5, 0.6) is 17.4 Å². The predicted molar refractivity (Wildman–Crippen MR) is 93.8 cm³/mol. The second kappa shape index (κ2) is 8.61. The highest BCUT2D eigenvalue weighted by Crippen LogP contribution is 2.40. The number of hydrogen-bond donors (Lipinski definition) is 1. The highest BCUT2D eigenvalue weighted by molar-refractivity contribution is 7.89. The minimum atomic E-state index is -5.16. The van der Waals surface area contributed by atoms with Crippen molar-refractivity contribution in [1.82, 2.24) is 9.71 Å². The van der Waals surface area contributed by atoms with Crippen molar-refractivity contribution in [3.63, 3.8) is 0 Å². The molecule has 170 valence electrons. The molecule has 1 unspecified atom stereocenters. The zero-order chi connectivity index (χ0) is 23.6. The molecule has 31 heavy (non-hydrogen) atoms. The number of hydrogen-bond acceptors (Lipinski definition) is 6. The Bertz CT molecular complexity index is 1050. The molecule has 7 nitrogen and oxygen atoms in total. The summed E-state index contributed by atoms with van der Waals surface area (Å²) < 4.78 is 111. The van der Waals surface area contributed by atoms with E-state index in [1.807, 2.05) is 0 Å². The van der Waals surface area contributed by atoms with Gasteiger partial charge >= 0.3 is 12.4 Å². The molecule has 0 saturated heterocycles. The van der Waals surface area contributed by atoms with E-state index >= 15 is 0 Å². The van der Waals surface area contributed by atoms with E-state index in [4.69, 9.17) is 9.47 Å². The van der Waals surface area contributed by atoms with Gasteiger partial charge in [0.15, 0.2) is 6.10 Å². The fourth-order valence-corrected chi connectivity index (χ4v) is 2.64. The third-order valence-corrected chi connectivity index (χ3v) is 4.06. The molecule has 0 bridgehead atoms. The van der Waals surface area contributed by atoms with Crippen LogP contribution in [0.4, 0.5) is 26.3 Å². The van der Waals surface area contributed by atoms with Gasteiger partial charge in [0.1, 0.15) is 17.1 Å². The number of pyridine rings is 1. The van der Waals surface area contributed by atoms with Crippen LogP contribution in [-0.2, 0) is 27.2 Å². The van der Waals surface area contributed by atoms with Crippen molar-refractivity contribution < 1.29 is 49.0 Å². The summed E-state index contributed by atoms with van der Waals surface area (Å²) in [5, 5.41) is 0. The van der Waals surface area contributed by atoms with Crippen LogP contribution in [0.2, 0.25) is 0 Å². The molecule has 0 saturated carbocycles. The van der Waals surface area contributed by atoms with Gasteiger partial charge in [0.25, 0.3) is 5.91 Å². The van der Waals surface area contributed by atoms with E-state index in [1.165, 1.54) is 19.1 Å². The average molecular weight is 472 g/mol. The summed E-state index contributed by atoms with van der Waals surface area (Å²) in [6, 6.07) is 4.52. The summed E-state index contributed by atoms with van der Waals surface area (Å²) in [5.41, 5.74) is -3.30. The third kappa shape index (κ3) is 7.01. The van der Waals surface area contributed by atoms with Crippen molar-refractivity contribution in [2.75, 3.05) is 6.26 Å². The monoisotopic (exact) mass is 472 g/mol. The molecule has 2 aromatic rings. The normalized spacial score (nSPS) is 13.4. The molecule has 1 aromatic carbocycles. The molecule has 1 atom stereocenters. The number of rotatable bonds is 6. The van der Waals surface area contributed by atoms with Gasteiger partial charge in [-0.2, -0.15) is 26.3 Å². The molecule has 0 aliphatic carbocycles. The lowest BCUT2D eigenvalue weighted by Crippen LogP contribution is -2.39. The summed E-state index contributed by atoms with van der Waals surface area (Å²) in [6.07, 6.45) is -10.4. The highest BCUT2D eigenvalue weighted by atomic mass is 32.2. The third-order valence-electron chi connectivity index (χ3n) is 3.49. The maximum absolute atomic E-state index is 13.1. The second-order valence-corrected chi connectivity index (χ2v) is 7.89. The van der Waals surface area contributed by atoms with Crippen molar-refractivity contribution in [1.29, 1.82) is 0 Å². The molecular formula is C17H14F6N2O5S. The van der Waals surface area contributed by atoms with Crippen LogP contribution in [0.1, 0.15) is 18.1 Å². The highest BCUT2D eigenvalue weighted by Gasteiger charge is 2.40. The van der Waals surface area contributed by atoms with E-state index in [0.29, 0.717) is 0 Å². The number of benzene rings is 1. The van der Waals surface area contributed by atoms with Gasteiger partial charge in [-0.15, -0.1) is 0 Å². The van der Waals surface area contributed by atoms with Gasteiger partial charge < -0.3 is 9.47 Å². The maximum Gasteiger partial charge on any atom is 0.421 e.